The molecule has 1 unspecified atom stereocenters. The summed E-state index contributed by atoms with van der Waals surface area (Å²) in [6, 6.07) is 12.6. The lowest BCUT2D eigenvalue weighted by Crippen LogP contribution is -2.53. The van der Waals surface area contributed by atoms with E-state index in [9.17, 15) is 4.79 Å². The number of aliphatic imine (C=N–C) groups is 2. The number of rotatable bonds is 6. The Morgan fingerprint density at radius 1 is 1.13 bits per heavy atom. The molecule has 1 amide bonds. The van der Waals surface area contributed by atoms with Crippen LogP contribution in [0.2, 0.25) is 0 Å². The molecule has 3 N–H and O–H groups in total. The molecule has 0 saturated carbocycles. The quantitative estimate of drug-likeness (QED) is 0.574. The number of anilines is 1. The van der Waals surface area contributed by atoms with Crippen LogP contribution in [0.3, 0.4) is 0 Å². The Balaban J connectivity index is 1.62. The molecular weight excluding hydrogens is 378 g/mol. The number of benzene rings is 1. The lowest BCUT2D eigenvalue weighted by molar-refractivity contribution is -0.750. The van der Waals surface area contributed by atoms with E-state index in [1.54, 1.807) is 42.9 Å². The van der Waals surface area contributed by atoms with Crippen LogP contribution in [0, 0.1) is 0 Å². The van der Waals surface area contributed by atoms with Crippen molar-refractivity contribution in [2.24, 2.45) is 15.8 Å². The van der Waals surface area contributed by atoms with Crippen LogP contribution in [0.5, 0.6) is 0 Å². The van der Waals surface area contributed by atoms with Gasteiger partial charge in [0, 0.05) is 24.8 Å². The number of amides is 1. The van der Waals surface area contributed by atoms with E-state index in [2.05, 4.69) is 34.0 Å². The van der Waals surface area contributed by atoms with E-state index in [1.807, 2.05) is 24.4 Å². The summed E-state index contributed by atoms with van der Waals surface area (Å²) in [6.07, 6.45) is 6.89. The summed E-state index contributed by atoms with van der Waals surface area (Å²) in [7, 11) is 0. The van der Waals surface area contributed by atoms with Crippen LogP contribution in [0.1, 0.15) is 29.8 Å². The van der Waals surface area contributed by atoms with Gasteiger partial charge in [-0.2, -0.15) is 10.8 Å². The predicted octanol–water partition coefficient (Wildman–Crippen LogP) is 2.85. The highest BCUT2D eigenvalue weighted by atomic mass is 16.1. The number of hydrogen-bond donors (Lipinski definition) is 2. The lowest BCUT2D eigenvalue weighted by Gasteiger charge is -2.27. The van der Waals surface area contributed by atoms with E-state index in [1.165, 1.54) is 0 Å². The molecule has 2 aliphatic heterocycles. The average Bonchev–Trinajstić information content (AvgIpc) is 3.08. The molecule has 1 aromatic heterocycles. The maximum absolute atomic E-state index is 12.5. The molecule has 1 atom stereocenters. The molecule has 30 heavy (non-hydrogen) atoms. The molecule has 2 aromatic rings. The van der Waals surface area contributed by atoms with Crippen molar-refractivity contribution in [3.8, 4) is 0 Å². The standard InChI is InChI=1S/C22H23N7O/c1-3-28(4-2)20-18-15-24-13-14-29(18,23)21(27-20)16-8-10-17(11-9-16)22(30)26-19-7-5-6-12-25-19/h5-15H,3-4,23H2,1-2H3/p+1. The number of nitrogens with one attached hydrogen (secondary N) is 1. The Morgan fingerprint density at radius 2 is 1.90 bits per heavy atom. The molecule has 8 nitrogen and oxygen atoms in total. The average molecular weight is 402 g/mol. The van der Waals surface area contributed by atoms with Gasteiger partial charge in [0.2, 0.25) is 11.5 Å². The Hall–Kier alpha value is -3.62. The second-order valence-electron chi connectivity index (χ2n) is 6.92. The summed E-state index contributed by atoms with van der Waals surface area (Å²) in [5, 5.41) is 2.78. The van der Waals surface area contributed by atoms with Crippen molar-refractivity contribution in [2.75, 3.05) is 18.4 Å². The lowest BCUT2D eigenvalue weighted by atomic mass is 10.1. The smallest absolute Gasteiger partial charge is 0.266 e. The second kappa shape index (κ2) is 8.02. The van der Waals surface area contributed by atoms with Gasteiger partial charge < -0.3 is 10.2 Å². The van der Waals surface area contributed by atoms with Gasteiger partial charge in [-0.1, -0.05) is 6.07 Å². The number of pyridine rings is 1. The van der Waals surface area contributed by atoms with E-state index >= 15 is 0 Å². The van der Waals surface area contributed by atoms with Crippen LogP contribution in [0.4, 0.5) is 5.82 Å². The third kappa shape index (κ3) is 3.42. The minimum absolute atomic E-state index is 0.0468. The predicted molar refractivity (Wildman–Crippen MR) is 117 cm³/mol. The molecule has 8 heteroatoms. The summed E-state index contributed by atoms with van der Waals surface area (Å²) in [5.74, 6) is 8.53. The monoisotopic (exact) mass is 402 g/mol. The number of quaternary nitrogens is 1. The van der Waals surface area contributed by atoms with Crippen LogP contribution in [0.25, 0.3) is 0 Å². The Labute approximate surface area is 175 Å². The SMILES string of the molecule is CCN(CC)C1=C2C=NC=C[N+]2(N)C(c2ccc(C(=O)Nc3ccccn3)cc2)=N1. The van der Waals surface area contributed by atoms with Crippen molar-refractivity contribution < 1.29 is 9.39 Å². The second-order valence-corrected chi connectivity index (χ2v) is 6.92. The fraction of sp³-hybridized carbons (Fsp3) is 0.182. The molecule has 0 fully saturated rings. The molecule has 0 saturated heterocycles. The van der Waals surface area contributed by atoms with Gasteiger partial charge in [-0.3, -0.25) is 9.79 Å². The summed E-state index contributed by atoms with van der Waals surface area (Å²) >= 11 is 0. The number of hydrogen-bond acceptors (Lipinski definition) is 6. The van der Waals surface area contributed by atoms with Gasteiger partial charge >= 0.3 is 0 Å². The van der Waals surface area contributed by atoms with Crippen LogP contribution in [-0.4, -0.2) is 45.5 Å². The van der Waals surface area contributed by atoms with Crippen LogP contribution in [0.15, 0.2) is 82.6 Å². The van der Waals surface area contributed by atoms with Crippen molar-refractivity contribution in [1.29, 1.82) is 0 Å². The summed E-state index contributed by atoms with van der Waals surface area (Å²) in [5.41, 5.74) is 2.19. The van der Waals surface area contributed by atoms with E-state index in [0.717, 1.165) is 30.2 Å². The van der Waals surface area contributed by atoms with E-state index in [-0.39, 0.29) is 10.5 Å². The first-order valence-corrected chi connectivity index (χ1v) is 9.87. The first-order valence-electron chi connectivity index (χ1n) is 9.87. The van der Waals surface area contributed by atoms with Gasteiger partial charge in [-0.15, -0.1) is 4.59 Å². The molecule has 2 aliphatic rings. The highest BCUT2D eigenvalue weighted by Gasteiger charge is 2.45. The highest BCUT2D eigenvalue weighted by molar-refractivity contribution is 6.05. The van der Waals surface area contributed by atoms with E-state index in [0.29, 0.717) is 17.2 Å². The fourth-order valence-corrected chi connectivity index (χ4v) is 3.51. The van der Waals surface area contributed by atoms with Gasteiger partial charge in [0.25, 0.3) is 11.7 Å². The van der Waals surface area contributed by atoms with Crippen molar-refractivity contribution in [2.45, 2.75) is 13.8 Å². The molecule has 4 rings (SSSR count). The Morgan fingerprint density at radius 3 is 2.57 bits per heavy atom. The van der Waals surface area contributed by atoms with Gasteiger partial charge in [-0.05, 0) is 50.2 Å². The first kappa shape index (κ1) is 19.7. The van der Waals surface area contributed by atoms with Crippen molar-refractivity contribution in [1.82, 2.24) is 9.88 Å². The Kier molecular flexibility index (Phi) is 5.26. The largest absolute Gasteiger partial charge is 0.352 e. The maximum atomic E-state index is 12.5. The minimum atomic E-state index is -0.224. The fourth-order valence-electron chi connectivity index (χ4n) is 3.51. The molecule has 0 bridgehead atoms. The normalized spacial score (nSPS) is 19.5. The van der Waals surface area contributed by atoms with Gasteiger partial charge in [0.05, 0.1) is 18.0 Å². The molecule has 1 aromatic carbocycles. The van der Waals surface area contributed by atoms with Crippen LogP contribution < -0.4 is 11.2 Å². The van der Waals surface area contributed by atoms with E-state index < -0.39 is 0 Å². The number of carbonyl (C=O) groups is 1. The number of aromatic nitrogens is 1. The van der Waals surface area contributed by atoms with E-state index in [4.69, 9.17) is 10.8 Å². The van der Waals surface area contributed by atoms with Crippen molar-refractivity contribution >= 4 is 23.8 Å². The van der Waals surface area contributed by atoms with Crippen molar-refractivity contribution in [3.63, 3.8) is 0 Å². The number of nitrogens with two attached hydrogens (primary N) is 1. The number of fused-ring (bicyclic) bond motifs is 1. The molecule has 0 aliphatic carbocycles. The number of amidine groups is 1. The molecule has 3 heterocycles. The van der Waals surface area contributed by atoms with Crippen molar-refractivity contribution in [3.05, 3.63) is 83.7 Å². The van der Waals surface area contributed by atoms with Gasteiger partial charge in [-0.25, -0.2) is 4.98 Å². The van der Waals surface area contributed by atoms with Gasteiger partial charge in [0.15, 0.2) is 0 Å². The third-order valence-electron chi connectivity index (χ3n) is 5.15. The number of allylic oxidation sites excluding steroid dienone is 1. The minimum Gasteiger partial charge on any atom is -0.352 e. The summed E-state index contributed by atoms with van der Waals surface area (Å²) in [6.45, 7) is 5.80. The summed E-state index contributed by atoms with van der Waals surface area (Å²) < 4.78 is -0.0468. The van der Waals surface area contributed by atoms with Crippen LogP contribution >= 0.6 is 0 Å². The highest BCUT2D eigenvalue weighted by Crippen LogP contribution is 2.32. The zero-order valence-corrected chi connectivity index (χ0v) is 17.0. The first-order chi connectivity index (χ1) is 14.6. The van der Waals surface area contributed by atoms with Crippen LogP contribution in [-0.2, 0) is 0 Å². The zero-order chi connectivity index (χ0) is 21.1. The number of nitrogens with zero attached hydrogens (tertiary/aromatic N) is 5. The topological polar surface area (TPSA) is 96.0 Å². The summed E-state index contributed by atoms with van der Waals surface area (Å²) in [4.78, 5) is 27.9. The molecule has 0 radical (unpaired) electrons. The molecule has 152 valence electrons. The molecule has 0 spiro atoms. The zero-order valence-electron chi connectivity index (χ0n) is 17.0. The number of carbonyl (C=O) groups excluding carboxylic acids is 1. The molecular formula is C22H24N7O+. The maximum Gasteiger partial charge on any atom is 0.266 e. The van der Waals surface area contributed by atoms with Gasteiger partial charge in [0.1, 0.15) is 12.0 Å². The Bertz CT molecular complexity index is 1070. The third-order valence-corrected chi connectivity index (χ3v) is 5.15.